The summed E-state index contributed by atoms with van der Waals surface area (Å²) in [4.78, 5) is 2.58. The van der Waals surface area contributed by atoms with Gasteiger partial charge in [-0.05, 0) is 221 Å². The van der Waals surface area contributed by atoms with E-state index in [1.54, 1.807) is 0 Å². The van der Waals surface area contributed by atoms with E-state index in [1.165, 1.54) is 191 Å². The summed E-state index contributed by atoms with van der Waals surface area (Å²) in [6, 6.07) is 59.9. The van der Waals surface area contributed by atoms with Crippen LogP contribution in [0.5, 0.6) is 0 Å². The number of hydrogen-bond donors (Lipinski definition) is 0. The van der Waals surface area contributed by atoms with Gasteiger partial charge in [0.25, 0.3) is 0 Å². The van der Waals surface area contributed by atoms with Gasteiger partial charge in [-0.3, -0.25) is 0 Å². The van der Waals surface area contributed by atoms with Crippen LogP contribution < -0.4 is 4.90 Å². The molecule has 2 saturated carbocycles. The molecule has 0 aromatic heterocycles. The first-order valence-electron chi connectivity index (χ1n) is 25.4. The topological polar surface area (TPSA) is 3.24 Å². The van der Waals surface area contributed by atoms with E-state index in [9.17, 15) is 0 Å². The van der Waals surface area contributed by atoms with Crippen molar-refractivity contribution < 1.29 is 0 Å². The third kappa shape index (κ3) is 8.59. The molecule has 0 spiro atoms. The Morgan fingerprint density at radius 3 is 1.18 bits per heavy atom. The van der Waals surface area contributed by atoms with Crippen molar-refractivity contribution in [3.05, 3.63) is 196 Å². The summed E-state index contributed by atoms with van der Waals surface area (Å²) in [5.41, 5.74) is 22.1. The van der Waals surface area contributed by atoms with Gasteiger partial charge in [0.2, 0.25) is 0 Å². The van der Waals surface area contributed by atoms with E-state index in [1.807, 2.05) is 0 Å². The van der Waals surface area contributed by atoms with Gasteiger partial charge < -0.3 is 4.90 Å². The summed E-state index contributed by atoms with van der Waals surface area (Å²) in [6.45, 7) is 13.3. The second kappa shape index (κ2) is 18.0. The first kappa shape index (κ1) is 43.1. The maximum atomic E-state index is 2.61. The van der Waals surface area contributed by atoms with Crippen LogP contribution in [0, 0.1) is 41.5 Å². The quantitative estimate of drug-likeness (QED) is 0.138. The molecule has 0 N–H and O–H groups in total. The summed E-state index contributed by atoms with van der Waals surface area (Å²) in [6.07, 6.45) is 12.9. The van der Waals surface area contributed by atoms with Gasteiger partial charge in [-0.2, -0.15) is 0 Å². The number of fused-ring (bicyclic) bond motifs is 5. The molecule has 334 valence electrons. The molecule has 2 aliphatic carbocycles. The number of anilines is 3. The summed E-state index contributed by atoms with van der Waals surface area (Å²) >= 11 is 0. The van der Waals surface area contributed by atoms with Crippen LogP contribution in [0.4, 0.5) is 17.1 Å². The van der Waals surface area contributed by atoms with Crippen LogP contribution in [0.3, 0.4) is 0 Å². The van der Waals surface area contributed by atoms with Crippen molar-refractivity contribution in [2.45, 2.75) is 118 Å². The third-order valence-corrected chi connectivity index (χ3v) is 15.4. The number of aryl methyl sites for hydroxylation is 6. The van der Waals surface area contributed by atoms with Gasteiger partial charge in [0.05, 0.1) is 5.69 Å². The molecule has 0 bridgehead atoms. The number of rotatable bonds is 8. The van der Waals surface area contributed by atoms with Crippen molar-refractivity contribution >= 4 is 49.4 Å². The second-order valence-electron chi connectivity index (χ2n) is 20.8. The highest BCUT2D eigenvalue weighted by atomic mass is 15.1. The van der Waals surface area contributed by atoms with E-state index in [4.69, 9.17) is 0 Å². The van der Waals surface area contributed by atoms with E-state index in [2.05, 4.69) is 198 Å². The van der Waals surface area contributed by atoms with Crippen LogP contribution in [0.25, 0.3) is 65.7 Å². The molecule has 9 aromatic rings. The number of benzene rings is 9. The Kier molecular flexibility index (Phi) is 11.6. The summed E-state index contributed by atoms with van der Waals surface area (Å²) in [5.74, 6) is 1.12. The molecular weight excluding hydrogens is 807 g/mol. The zero-order valence-corrected chi connectivity index (χ0v) is 40.6. The standard InChI is InChI=1S/C66H65N/c1-42-17-21-50(22-18-42)52-35-53(51-23-19-43(2)20-24-51)37-56(36-52)63-38-54(48-13-9-7-10-14-48)39-64-59-27-28-62-65(60(59)25-26-61(63)64)40-55(49-15-11-8-12-16-49)41-66(62)67(57-31-44(3)29-45(4)32-57)58-33-46(5)30-47(6)34-58/h17-41,48-49H,7-16H2,1-6H3. The van der Waals surface area contributed by atoms with Crippen LogP contribution in [0.2, 0.25) is 0 Å². The Morgan fingerprint density at radius 2 is 0.701 bits per heavy atom. The predicted molar refractivity (Wildman–Crippen MR) is 290 cm³/mol. The molecule has 9 aromatic carbocycles. The van der Waals surface area contributed by atoms with E-state index in [0.717, 1.165) is 0 Å². The summed E-state index contributed by atoms with van der Waals surface area (Å²) in [7, 11) is 0. The van der Waals surface area contributed by atoms with Crippen molar-refractivity contribution in [1.29, 1.82) is 0 Å². The van der Waals surface area contributed by atoms with E-state index in [0.29, 0.717) is 11.8 Å². The maximum Gasteiger partial charge on any atom is 0.0543 e. The van der Waals surface area contributed by atoms with Crippen molar-refractivity contribution in [2.75, 3.05) is 4.90 Å². The fourth-order valence-corrected chi connectivity index (χ4v) is 12.1. The predicted octanol–water partition coefficient (Wildman–Crippen LogP) is 19.6. The molecule has 0 aliphatic heterocycles. The number of hydrogen-bond acceptors (Lipinski definition) is 1. The molecule has 67 heavy (non-hydrogen) atoms. The Labute approximate surface area is 399 Å². The van der Waals surface area contributed by atoms with Gasteiger partial charge in [-0.15, -0.1) is 0 Å². The van der Waals surface area contributed by atoms with E-state index >= 15 is 0 Å². The molecule has 2 fully saturated rings. The maximum absolute atomic E-state index is 2.61. The summed E-state index contributed by atoms with van der Waals surface area (Å²) in [5, 5.41) is 8.09. The largest absolute Gasteiger partial charge is 0.310 e. The molecule has 0 unspecified atom stereocenters. The first-order chi connectivity index (χ1) is 32.6. The zero-order chi connectivity index (χ0) is 45.8. The molecule has 0 amide bonds. The summed E-state index contributed by atoms with van der Waals surface area (Å²) < 4.78 is 0. The highest BCUT2D eigenvalue weighted by molar-refractivity contribution is 6.21. The molecule has 11 rings (SSSR count). The Hall–Kier alpha value is -6.44. The normalized spacial score (nSPS) is 14.9. The highest BCUT2D eigenvalue weighted by Gasteiger charge is 2.25. The van der Waals surface area contributed by atoms with Crippen molar-refractivity contribution in [2.24, 2.45) is 0 Å². The fraction of sp³-hybridized carbons (Fsp3) is 0.273. The molecule has 0 heterocycles. The lowest BCUT2D eigenvalue weighted by Gasteiger charge is -2.31. The van der Waals surface area contributed by atoms with Crippen molar-refractivity contribution in [3.8, 4) is 33.4 Å². The van der Waals surface area contributed by atoms with Gasteiger partial charge >= 0.3 is 0 Å². The van der Waals surface area contributed by atoms with Gasteiger partial charge in [0.1, 0.15) is 0 Å². The molecule has 0 saturated heterocycles. The van der Waals surface area contributed by atoms with Crippen LogP contribution in [-0.2, 0) is 0 Å². The Bertz CT molecular complexity index is 3140. The van der Waals surface area contributed by atoms with Gasteiger partial charge in [0, 0.05) is 16.8 Å². The first-order valence-corrected chi connectivity index (χ1v) is 25.4. The molecule has 1 heteroatoms. The van der Waals surface area contributed by atoms with Crippen molar-refractivity contribution in [1.82, 2.24) is 0 Å². The van der Waals surface area contributed by atoms with Gasteiger partial charge in [0.15, 0.2) is 0 Å². The minimum Gasteiger partial charge on any atom is -0.310 e. The highest BCUT2D eigenvalue weighted by Crippen LogP contribution is 2.48. The molecule has 2 aliphatic rings. The minimum absolute atomic E-state index is 0.556. The third-order valence-electron chi connectivity index (χ3n) is 15.4. The smallest absolute Gasteiger partial charge is 0.0543 e. The molecule has 1 nitrogen and oxygen atoms in total. The average Bonchev–Trinajstić information content (AvgIpc) is 3.33. The minimum atomic E-state index is 0.556. The monoisotopic (exact) mass is 872 g/mol. The number of nitrogens with zero attached hydrogens (tertiary/aromatic N) is 1. The van der Waals surface area contributed by atoms with Crippen LogP contribution in [0.15, 0.2) is 152 Å². The van der Waals surface area contributed by atoms with Gasteiger partial charge in [-0.1, -0.05) is 153 Å². The van der Waals surface area contributed by atoms with E-state index in [-0.39, 0.29) is 0 Å². The lowest BCUT2D eigenvalue weighted by atomic mass is 9.80. The Balaban J connectivity index is 1.19. The average molecular weight is 872 g/mol. The van der Waals surface area contributed by atoms with E-state index < -0.39 is 0 Å². The van der Waals surface area contributed by atoms with Crippen LogP contribution >= 0.6 is 0 Å². The van der Waals surface area contributed by atoms with Crippen molar-refractivity contribution in [3.63, 3.8) is 0 Å². The van der Waals surface area contributed by atoms with Crippen LogP contribution in [0.1, 0.15) is 121 Å². The lowest BCUT2D eigenvalue weighted by molar-refractivity contribution is 0.444. The lowest BCUT2D eigenvalue weighted by Crippen LogP contribution is -2.13. The molecular formula is C66H65N. The second-order valence-corrected chi connectivity index (χ2v) is 20.8. The van der Waals surface area contributed by atoms with Crippen LogP contribution in [-0.4, -0.2) is 0 Å². The SMILES string of the molecule is Cc1ccc(-c2cc(-c3ccc(C)cc3)cc(-c3cc(C4CCCCC4)cc4c3ccc3c5cc(C6CCCCC6)cc(N(c6cc(C)cc(C)c6)c6cc(C)cc(C)c6)c5ccc43)c2)cc1. The van der Waals surface area contributed by atoms with Gasteiger partial charge in [-0.25, -0.2) is 0 Å². The molecule has 0 radical (unpaired) electrons. The zero-order valence-electron chi connectivity index (χ0n) is 40.6. The molecule has 0 atom stereocenters. The Morgan fingerprint density at radius 1 is 0.299 bits per heavy atom. The fourth-order valence-electron chi connectivity index (χ4n) is 12.1.